The van der Waals surface area contributed by atoms with Crippen molar-refractivity contribution in [3.63, 3.8) is 0 Å². The molecule has 2 aromatic rings. The van der Waals surface area contributed by atoms with Crippen LogP contribution in [0, 0.1) is 0 Å². The molecular weight excluding hydrogens is 260 g/mol. The Kier molecular flexibility index (Phi) is 5.32. The zero-order chi connectivity index (χ0) is 15.2. The molecule has 0 spiro atoms. The first-order valence-electron chi connectivity index (χ1n) is 7.55. The van der Waals surface area contributed by atoms with Crippen molar-refractivity contribution in [1.82, 2.24) is 9.97 Å². The second-order valence-electron chi connectivity index (χ2n) is 5.81. The summed E-state index contributed by atoms with van der Waals surface area (Å²) in [5.41, 5.74) is 3.80. The van der Waals surface area contributed by atoms with Gasteiger partial charge >= 0.3 is 0 Å². The molecular formula is C18H24N2O. The molecule has 2 aromatic heterocycles. The van der Waals surface area contributed by atoms with E-state index >= 15 is 0 Å². The van der Waals surface area contributed by atoms with Gasteiger partial charge < -0.3 is 4.74 Å². The quantitative estimate of drug-likeness (QED) is 0.791. The van der Waals surface area contributed by atoms with Gasteiger partial charge in [0.25, 0.3) is 0 Å². The summed E-state index contributed by atoms with van der Waals surface area (Å²) in [6.45, 7) is 6.66. The van der Waals surface area contributed by atoms with Crippen molar-refractivity contribution in [1.29, 1.82) is 0 Å². The molecule has 21 heavy (non-hydrogen) atoms. The van der Waals surface area contributed by atoms with Gasteiger partial charge in [0.05, 0.1) is 7.11 Å². The predicted molar refractivity (Wildman–Crippen MR) is 85.9 cm³/mol. The third-order valence-corrected chi connectivity index (χ3v) is 3.88. The van der Waals surface area contributed by atoms with Crippen LogP contribution in [0.15, 0.2) is 36.7 Å². The van der Waals surface area contributed by atoms with E-state index in [1.165, 1.54) is 16.8 Å². The minimum Gasteiger partial charge on any atom is -0.481 e. The van der Waals surface area contributed by atoms with E-state index in [-0.39, 0.29) is 0 Å². The maximum atomic E-state index is 5.19. The molecule has 112 valence electrons. The van der Waals surface area contributed by atoms with E-state index in [4.69, 9.17) is 4.74 Å². The highest BCUT2D eigenvalue weighted by Crippen LogP contribution is 2.23. The SMILES string of the molecule is COc1cc(C(C)CCc2cc(C(C)C)ccn2)ccn1. The number of hydrogen-bond acceptors (Lipinski definition) is 3. The Morgan fingerprint density at radius 2 is 1.71 bits per heavy atom. The third kappa shape index (κ3) is 4.28. The van der Waals surface area contributed by atoms with E-state index in [0.717, 1.165) is 12.8 Å². The average Bonchev–Trinajstić information content (AvgIpc) is 2.53. The monoisotopic (exact) mass is 284 g/mol. The number of rotatable bonds is 6. The molecule has 0 bridgehead atoms. The second-order valence-corrected chi connectivity index (χ2v) is 5.81. The van der Waals surface area contributed by atoms with Crippen LogP contribution in [0.3, 0.4) is 0 Å². The van der Waals surface area contributed by atoms with Crippen LogP contribution in [0.4, 0.5) is 0 Å². The highest BCUT2D eigenvalue weighted by atomic mass is 16.5. The Balaban J connectivity index is 2.00. The van der Waals surface area contributed by atoms with Crippen molar-refractivity contribution in [3.8, 4) is 5.88 Å². The maximum Gasteiger partial charge on any atom is 0.213 e. The lowest BCUT2D eigenvalue weighted by Crippen LogP contribution is -2.00. The van der Waals surface area contributed by atoms with E-state index in [1.54, 1.807) is 7.11 Å². The van der Waals surface area contributed by atoms with Crippen LogP contribution in [0.2, 0.25) is 0 Å². The molecule has 0 aliphatic heterocycles. The van der Waals surface area contributed by atoms with E-state index in [1.807, 2.05) is 18.5 Å². The summed E-state index contributed by atoms with van der Waals surface area (Å²) in [6, 6.07) is 8.41. The first-order chi connectivity index (χ1) is 10.1. The van der Waals surface area contributed by atoms with Crippen molar-refractivity contribution in [2.24, 2.45) is 0 Å². The van der Waals surface area contributed by atoms with E-state index in [9.17, 15) is 0 Å². The Morgan fingerprint density at radius 1 is 1.00 bits per heavy atom. The largest absolute Gasteiger partial charge is 0.481 e. The van der Waals surface area contributed by atoms with Crippen molar-refractivity contribution in [3.05, 3.63) is 53.5 Å². The molecule has 2 rings (SSSR count). The summed E-state index contributed by atoms with van der Waals surface area (Å²) in [7, 11) is 1.65. The van der Waals surface area contributed by atoms with Gasteiger partial charge in [-0.25, -0.2) is 4.98 Å². The van der Waals surface area contributed by atoms with Crippen LogP contribution in [-0.4, -0.2) is 17.1 Å². The van der Waals surface area contributed by atoms with Crippen LogP contribution >= 0.6 is 0 Å². The molecule has 1 unspecified atom stereocenters. The Bertz CT molecular complexity index is 581. The molecule has 0 N–H and O–H groups in total. The molecule has 0 saturated carbocycles. The normalized spacial score (nSPS) is 12.4. The Hall–Kier alpha value is -1.90. The van der Waals surface area contributed by atoms with Crippen LogP contribution in [0.25, 0.3) is 0 Å². The summed E-state index contributed by atoms with van der Waals surface area (Å²) in [5, 5.41) is 0. The molecule has 0 fully saturated rings. The fourth-order valence-corrected chi connectivity index (χ4v) is 2.37. The summed E-state index contributed by atoms with van der Waals surface area (Å²) in [4.78, 5) is 8.64. The minimum absolute atomic E-state index is 0.464. The van der Waals surface area contributed by atoms with E-state index in [2.05, 4.69) is 48.9 Å². The van der Waals surface area contributed by atoms with Crippen molar-refractivity contribution in [2.75, 3.05) is 7.11 Å². The van der Waals surface area contributed by atoms with E-state index in [0.29, 0.717) is 17.7 Å². The molecule has 1 atom stereocenters. The number of nitrogens with zero attached hydrogens (tertiary/aromatic N) is 2. The Morgan fingerprint density at radius 3 is 2.43 bits per heavy atom. The van der Waals surface area contributed by atoms with Crippen LogP contribution in [0.5, 0.6) is 5.88 Å². The molecule has 0 saturated heterocycles. The number of pyridine rings is 2. The van der Waals surface area contributed by atoms with E-state index < -0.39 is 0 Å². The fourth-order valence-electron chi connectivity index (χ4n) is 2.37. The van der Waals surface area contributed by atoms with Gasteiger partial charge in [-0.3, -0.25) is 4.98 Å². The molecule has 3 heteroatoms. The highest BCUT2D eigenvalue weighted by Gasteiger charge is 2.09. The fraction of sp³-hybridized carbons (Fsp3) is 0.444. The molecule has 2 heterocycles. The van der Waals surface area contributed by atoms with Gasteiger partial charge in [0.1, 0.15) is 0 Å². The van der Waals surface area contributed by atoms with Gasteiger partial charge in [-0.05, 0) is 54.0 Å². The smallest absolute Gasteiger partial charge is 0.213 e. The van der Waals surface area contributed by atoms with Gasteiger partial charge in [-0.15, -0.1) is 0 Å². The zero-order valence-corrected chi connectivity index (χ0v) is 13.3. The van der Waals surface area contributed by atoms with Crippen LogP contribution in [-0.2, 0) is 6.42 Å². The second kappa shape index (κ2) is 7.21. The minimum atomic E-state index is 0.464. The Labute approximate surface area is 127 Å². The highest BCUT2D eigenvalue weighted by molar-refractivity contribution is 5.24. The third-order valence-electron chi connectivity index (χ3n) is 3.88. The molecule has 0 aliphatic carbocycles. The molecule has 0 aromatic carbocycles. The maximum absolute atomic E-state index is 5.19. The van der Waals surface area contributed by atoms with Crippen LogP contribution < -0.4 is 4.74 Å². The number of ether oxygens (including phenoxy) is 1. The number of aromatic nitrogens is 2. The summed E-state index contributed by atoms with van der Waals surface area (Å²) < 4.78 is 5.19. The number of hydrogen-bond donors (Lipinski definition) is 0. The number of methoxy groups -OCH3 is 1. The van der Waals surface area contributed by atoms with Gasteiger partial charge in [0.15, 0.2) is 0 Å². The molecule has 3 nitrogen and oxygen atoms in total. The van der Waals surface area contributed by atoms with Gasteiger partial charge in [0, 0.05) is 24.2 Å². The van der Waals surface area contributed by atoms with Crippen molar-refractivity contribution in [2.45, 2.75) is 45.4 Å². The van der Waals surface area contributed by atoms with Gasteiger partial charge in [-0.2, -0.15) is 0 Å². The lowest BCUT2D eigenvalue weighted by molar-refractivity contribution is 0.396. The first kappa shape index (κ1) is 15.5. The first-order valence-corrected chi connectivity index (χ1v) is 7.55. The standard InChI is InChI=1S/C18H24N2O/c1-13(2)15-7-9-19-17(11-15)6-5-14(3)16-8-10-20-18(12-16)21-4/h7-14H,5-6H2,1-4H3. The van der Waals surface area contributed by atoms with Gasteiger partial charge in [0.2, 0.25) is 5.88 Å². The summed E-state index contributed by atoms with van der Waals surface area (Å²) in [5.74, 6) is 1.69. The van der Waals surface area contributed by atoms with Crippen molar-refractivity contribution >= 4 is 0 Å². The topological polar surface area (TPSA) is 35.0 Å². The van der Waals surface area contributed by atoms with Crippen LogP contribution in [0.1, 0.15) is 55.8 Å². The van der Waals surface area contributed by atoms with Crippen molar-refractivity contribution < 1.29 is 4.74 Å². The van der Waals surface area contributed by atoms with Gasteiger partial charge in [-0.1, -0.05) is 20.8 Å². The summed E-state index contributed by atoms with van der Waals surface area (Å²) >= 11 is 0. The molecule has 0 aliphatic rings. The predicted octanol–water partition coefficient (Wildman–Crippen LogP) is 4.34. The molecule has 0 amide bonds. The number of aryl methyl sites for hydroxylation is 1. The average molecular weight is 284 g/mol. The lowest BCUT2D eigenvalue weighted by Gasteiger charge is -2.13. The zero-order valence-electron chi connectivity index (χ0n) is 13.3. The lowest BCUT2D eigenvalue weighted by atomic mass is 9.95. The summed E-state index contributed by atoms with van der Waals surface area (Å²) in [6.07, 6.45) is 5.79. The molecule has 0 radical (unpaired) electrons.